The Balaban J connectivity index is 4.75. The Kier molecular flexibility index (Phi) is 12.9. The van der Waals surface area contributed by atoms with Crippen molar-refractivity contribution in [1.82, 2.24) is 20.9 Å². The summed E-state index contributed by atoms with van der Waals surface area (Å²) in [6.45, 7) is 12.6. The number of amides is 2. The molecule has 0 aliphatic heterocycles. The van der Waals surface area contributed by atoms with Crippen LogP contribution >= 0.6 is 0 Å². The quantitative estimate of drug-likeness (QED) is 0.396. The average Bonchev–Trinajstić information content (AvgIpc) is 2.58. The molecule has 0 rings (SSSR count). The minimum Gasteiger partial charge on any atom is -0.347 e. The van der Waals surface area contributed by atoms with Crippen LogP contribution in [0.4, 0.5) is 0 Å². The summed E-state index contributed by atoms with van der Waals surface area (Å²) in [6.07, 6.45) is 2.36. The van der Waals surface area contributed by atoms with Crippen LogP contribution in [0, 0.1) is 5.92 Å². The van der Waals surface area contributed by atoms with Crippen LogP contribution in [-0.2, 0) is 14.4 Å². The third-order valence-corrected chi connectivity index (χ3v) is 4.52. The summed E-state index contributed by atoms with van der Waals surface area (Å²) < 4.78 is 0. The Bertz CT molecular complexity index is 437. The van der Waals surface area contributed by atoms with E-state index in [0.29, 0.717) is 6.42 Å². The molecule has 0 spiro atoms. The molecular weight excluding hydrogens is 332 g/mol. The van der Waals surface area contributed by atoms with E-state index in [1.54, 1.807) is 7.05 Å². The molecule has 0 fully saturated rings. The number of nitrogens with one attached hydrogen (secondary N) is 3. The van der Waals surface area contributed by atoms with Gasteiger partial charge in [0.2, 0.25) is 11.8 Å². The van der Waals surface area contributed by atoms with Gasteiger partial charge in [-0.15, -0.1) is 0 Å². The minimum absolute atomic E-state index is 0.00964. The van der Waals surface area contributed by atoms with Crippen molar-refractivity contribution in [3.8, 4) is 0 Å². The zero-order valence-electron chi connectivity index (χ0n) is 17.4. The molecule has 7 nitrogen and oxygen atoms in total. The molecule has 0 unspecified atom stereocenters. The average molecular weight is 371 g/mol. The Labute approximate surface area is 158 Å². The van der Waals surface area contributed by atoms with Gasteiger partial charge >= 0.3 is 0 Å². The lowest BCUT2D eigenvalue weighted by atomic mass is 10.0. The molecule has 0 saturated carbocycles. The number of Topliss-reactive ketones (excluding diaryl/α,β-unsaturated/α-hetero) is 1. The number of carbonyl (C=O) groups excluding carboxylic acids is 3. The number of likely N-dealkylation sites (N-methyl/N-ethyl adjacent to an activating group) is 1. The number of nitrogens with zero attached hydrogens (tertiary/aromatic N) is 1. The summed E-state index contributed by atoms with van der Waals surface area (Å²) in [4.78, 5) is 38.3. The van der Waals surface area contributed by atoms with Crippen LogP contribution < -0.4 is 16.0 Å². The summed E-state index contributed by atoms with van der Waals surface area (Å²) >= 11 is 0. The molecular formula is C19H38N4O3. The predicted octanol–water partition coefficient (Wildman–Crippen LogP) is 0.933. The second kappa shape index (κ2) is 13.7. The highest BCUT2D eigenvalue weighted by Gasteiger charge is 2.26. The molecule has 0 aromatic rings. The van der Waals surface area contributed by atoms with Crippen molar-refractivity contribution in [2.75, 3.05) is 33.2 Å². The molecule has 0 aliphatic rings. The summed E-state index contributed by atoms with van der Waals surface area (Å²) in [5.74, 6) is -0.479. The lowest BCUT2D eigenvalue weighted by Crippen LogP contribution is -2.54. The van der Waals surface area contributed by atoms with Gasteiger partial charge in [-0.3, -0.25) is 14.4 Å². The maximum atomic E-state index is 12.5. The van der Waals surface area contributed by atoms with Crippen LogP contribution in [-0.4, -0.2) is 67.8 Å². The Morgan fingerprint density at radius 1 is 1.00 bits per heavy atom. The van der Waals surface area contributed by atoms with Crippen LogP contribution in [0.25, 0.3) is 0 Å². The molecule has 0 aromatic carbocycles. The Hall–Kier alpha value is -1.47. The van der Waals surface area contributed by atoms with Crippen molar-refractivity contribution < 1.29 is 14.4 Å². The number of hydrogen-bond donors (Lipinski definition) is 3. The fraction of sp³-hybridized carbons (Fsp3) is 0.842. The van der Waals surface area contributed by atoms with Gasteiger partial charge in [0.1, 0.15) is 11.8 Å². The zero-order chi connectivity index (χ0) is 20.1. The Morgan fingerprint density at radius 3 is 2.08 bits per heavy atom. The molecule has 2 amide bonds. The lowest BCUT2D eigenvalue weighted by Gasteiger charge is -2.24. The molecule has 0 saturated heterocycles. The number of rotatable bonds is 14. The van der Waals surface area contributed by atoms with Gasteiger partial charge in [0, 0.05) is 0 Å². The van der Waals surface area contributed by atoms with E-state index in [0.717, 1.165) is 32.5 Å². The number of ketones is 1. The molecule has 0 bridgehead atoms. The second-order valence-electron chi connectivity index (χ2n) is 7.01. The number of carbonyl (C=O) groups is 3. The van der Waals surface area contributed by atoms with Gasteiger partial charge in [0.25, 0.3) is 0 Å². The van der Waals surface area contributed by atoms with Gasteiger partial charge in [0.15, 0.2) is 0 Å². The maximum absolute atomic E-state index is 12.5. The van der Waals surface area contributed by atoms with Crippen molar-refractivity contribution in [3.05, 3.63) is 0 Å². The maximum Gasteiger partial charge on any atom is 0.242 e. The smallest absolute Gasteiger partial charge is 0.242 e. The van der Waals surface area contributed by atoms with E-state index >= 15 is 0 Å². The van der Waals surface area contributed by atoms with Crippen molar-refractivity contribution >= 4 is 17.6 Å². The highest BCUT2D eigenvalue weighted by atomic mass is 16.2. The van der Waals surface area contributed by atoms with Crippen molar-refractivity contribution in [3.63, 3.8) is 0 Å². The molecule has 0 aromatic heterocycles. The van der Waals surface area contributed by atoms with Gasteiger partial charge in [-0.1, -0.05) is 27.7 Å². The summed E-state index contributed by atoms with van der Waals surface area (Å²) in [7, 11) is 1.74. The van der Waals surface area contributed by atoms with Gasteiger partial charge in [-0.2, -0.15) is 0 Å². The van der Waals surface area contributed by atoms with Gasteiger partial charge in [0.05, 0.1) is 12.6 Å². The number of unbranched alkanes of at least 4 members (excludes halogenated alkanes) is 1. The van der Waals surface area contributed by atoms with Gasteiger partial charge < -0.3 is 20.9 Å². The first-order valence-electron chi connectivity index (χ1n) is 9.73. The van der Waals surface area contributed by atoms with Crippen LogP contribution in [0.5, 0.6) is 0 Å². The fourth-order valence-electron chi connectivity index (χ4n) is 2.86. The highest BCUT2D eigenvalue weighted by Crippen LogP contribution is 2.06. The molecule has 0 aliphatic carbocycles. The summed E-state index contributed by atoms with van der Waals surface area (Å²) in [5.41, 5.74) is 0. The van der Waals surface area contributed by atoms with Gasteiger partial charge in [-0.25, -0.2) is 0 Å². The molecule has 26 heavy (non-hydrogen) atoms. The standard InChI is InChI=1S/C19H38N4O3/c1-7-23(8-2)12-10-9-11-16(18(25)21-13-15(5)24)22-19(26)17(20-6)14(3)4/h14,16-17,20H,7-13H2,1-6H3,(H,21,25)(H,22,26)/t16-,17-/m0/s1. The van der Waals surface area contributed by atoms with Crippen LogP contribution in [0.1, 0.15) is 53.9 Å². The summed E-state index contributed by atoms with van der Waals surface area (Å²) in [6, 6.07) is -0.970. The van der Waals surface area contributed by atoms with Crippen LogP contribution in [0.3, 0.4) is 0 Å². The van der Waals surface area contributed by atoms with E-state index in [4.69, 9.17) is 0 Å². The first kappa shape index (κ1) is 24.5. The number of hydrogen-bond acceptors (Lipinski definition) is 5. The van der Waals surface area contributed by atoms with Crippen LogP contribution in [0.2, 0.25) is 0 Å². The van der Waals surface area contributed by atoms with E-state index in [2.05, 4.69) is 34.7 Å². The molecule has 2 atom stereocenters. The fourth-order valence-corrected chi connectivity index (χ4v) is 2.86. The van der Waals surface area contributed by atoms with E-state index < -0.39 is 6.04 Å². The highest BCUT2D eigenvalue weighted by molar-refractivity contribution is 5.91. The van der Waals surface area contributed by atoms with Crippen molar-refractivity contribution in [2.24, 2.45) is 5.92 Å². The predicted molar refractivity (Wildman–Crippen MR) is 105 cm³/mol. The van der Waals surface area contributed by atoms with Crippen molar-refractivity contribution in [1.29, 1.82) is 0 Å². The first-order chi connectivity index (χ1) is 12.3. The topological polar surface area (TPSA) is 90.5 Å². The molecule has 3 N–H and O–H groups in total. The van der Waals surface area contributed by atoms with Crippen molar-refractivity contribution in [2.45, 2.75) is 66.0 Å². The largest absolute Gasteiger partial charge is 0.347 e. The Morgan fingerprint density at radius 2 is 1.62 bits per heavy atom. The third-order valence-electron chi connectivity index (χ3n) is 4.52. The molecule has 0 radical (unpaired) electrons. The summed E-state index contributed by atoms with van der Waals surface area (Å²) in [5, 5.41) is 8.45. The second-order valence-corrected chi connectivity index (χ2v) is 7.01. The SMILES string of the molecule is CCN(CC)CCCC[C@H](NC(=O)[C@@H](NC)C(C)C)C(=O)NCC(C)=O. The zero-order valence-corrected chi connectivity index (χ0v) is 17.4. The normalized spacial score (nSPS) is 13.5. The molecule has 0 heterocycles. The third kappa shape index (κ3) is 9.87. The lowest BCUT2D eigenvalue weighted by molar-refractivity contribution is -0.131. The van der Waals surface area contributed by atoms with E-state index in [1.807, 2.05) is 13.8 Å². The van der Waals surface area contributed by atoms with Gasteiger partial charge in [-0.05, 0) is 58.8 Å². The van der Waals surface area contributed by atoms with E-state index in [-0.39, 0.29) is 36.1 Å². The van der Waals surface area contributed by atoms with Crippen LogP contribution in [0.15, 0.2) is 0 Å². The first-order valence-corrected chi connectivity index (χ1v) is 9.73. The van der Waals surface area contributed by atoms with E-state index in [9.17, 15) is 14.4 Å². The molecule has 7 heteroatoms. The molecule has 152 valence electrons. The minimum atomic E-state index is -0.617. The van der Waals surface area contributed by atoms with E-state index in [1.165, 1.54) is 6.92 Å². The monoisotopic (exact) mass is 370 g/mol.